The van der Waals surface area contributed by atoms with Crippen LogP contribution in [0, 0.1) is 11.8 Å². The van der Waals surface area contributed by atoms with E-state index >= 15 is 0 Å². The predicted molar refractivity (Wildman–Crippen MR) is 43.6 cm³/mol. The van der Waals surface area contributed by atoms with E-state index in [0.717, 1.165) is 5.92 Å². The van der Waals surface area contributed by atoms with Crippen LogP contribution in [0.3, 0.4) is 0 Å². The number of hydrogen-bond acceptors (Lipinski definition) is 0. The van der Waals surface area contributed by atoms with E-state index < -0.39 is 0 Å². The molecule has 0 aromatic carbocycles. The fourth-order valence-electron chi connectivity index (χ4n) is 2.50. The van der Waals surface area contributed by atoms with Crippen LogP contribution in [-0.4, -0.2) is 0 Å². The van der Waals surface area contributed by atoms with Crippen molar-refractivity contribution in [3.05, 3.63) is 17.1 Å². The Bertz CT molecular complexity index is 163. The van der Waals surface area contributed by atoms with Gasteiger partial charge in [0.2, 0.25) is 0 Å². The minimum absolute atomic E-state index is 0. The van der Waals surface area contributed by atoms with Crippen LogP contribution in [0.25, 0.3) is 0 Å². The van der Waals surface area contributed by atoms with Crippen LogP contribution < -0.4 is 18.9 Å². The van der Waals surface area contributed by atoms with Gasteiger partial charge in [-0.25, -0.2) is 17.1 Å². The van der Waals surface area contributed by atoms with Gasteiger partial charge in [0.15, 0.2) is 0 Å². The van der Waals surface area contributed by atoms with Gasteiger partial charge in [-0.1, -0.05) is 26.2 Å². The molecule has 0 saturated heterocycles. The zero-order valence-electron chi connectivity index (χ0n) is 7.91. The molecule has 2 aliphatic rings. The largest absolute Gasteiger partial charge is 1.00 e. The smallest absolute Gasteiger partial charge is 0.216 e. The molecule has 0 radical (unpaired) electrons. The molecular weight excluding hydrogens is 127 g/mol. The average Bonchev–Trinajstić information content (AvgIpc) is 2.39. The molecule has 11 heavy (non-hydrogen) atoms. The first-order valence-electron chi connectivity index (χ1n) is 4.33. The molecule has 56 valence electrons. The summed E-state index contributed by atoms with van der Waals surface area (Å²) in [5.41, 5.74) is 3.53. The van der Waals surface area contributed by atoms with Gasteiger partial charge in [0.25, 0.3) is 0 Å². The fourth-order valence-corrected chi connectivity index (χ4v) is 2.50. The van der Waals surface area contributed by atoms with Gasteiger partial charge in [-0.2, -0.15) is 0 Å². The second-order valence-electron chi connectivity index (χ2n) is 3.74. The normalized spacial score (nSPS) is 28.9. The Balaban J connectivity index is 0.000000605. The Hall–Kier alpha value is 0.207. The third-order valence-electron chi connectivity index (χ3n) is 2.98. The van der Waals surface area contributed by atoms with Crippen molar-refractivity contribution in [1.29, 1.82) is 0 Å². The Morgan fingerprint density at radius 3 is 2.73 bits per heavy atom. The third kappa shape index (κ3) is 1.39. The molecule has 0 fully saturated rings. The summed E-state index contributed by atoms with van der Waals surface area (Å²) in [6, 6.07) is 0. The van der Waals surface area contributed by atoms with Gasteiger partial charge in [0, 0.05) is 0 Å². The first-order valence-corrected chi connectivity index (χ1v) is 4.33. The monoisotopic (exact) mass is 142 g/mol. The van der Waals surface area contributed by atoms with Gasteiger partial charge in [0.1, 0.15) is 0 Å². The van der Waals surface area contributed by atoms with Crippen molar-refractivity contribution in [3.63, 3.8) is 0 Å². The Kier molecular flexibility index (Phi) is 2.78. The van der Waals surface area contributed by atoms with Crippen LogP contribution in [0.1, 0.15) is 39.5 Å². The first-order chi connectivity index (χ1) is 4.79. The molecule has 0 spiro atoms. The fraction of sp³-hybridized carbons (Fsp3) is 0.700. The summed E-state index contributed by atoms with van der Waals surface area (Å²) in [6.07, 6.45) is 5.55. The molecule has 1 heteroatoms. The van der Waals surface area contributed by atoms with Crippen molar-refractivity contribution >= 4 is 0 Å². The van der Waals surface area contributed by atoms with Gasteiger partial charge < -0.3 is 0 Å². The Morgan fingerprint density at radius 2 is 2.09 bits per heavy atom. The van der Waals surface area contributed by atoms with Crippen LogP contribution in [0.5, 0.6) is 0 Å². The summed E-state index contributed by atoms with van der Waals surface area (Å²) < 4.78 is 0. The van der Waals surface area contributed by atoms with E-state index in [-0.39, 0.29) is 18.9 Å². The van der Waals surface area contributed by atoms with E-state index in [1.165, 1.54) is 25.7 Å². The molecular formula is C10H15Li. The molecule has 1 atom stereocenters. The average molecular weight is 142 g/mol. The maximum Gasteiger partial charge on any atom is 1.00 e. The van der Waals surface area contributed by atoms with E-state index in [2.05, 4.69) is 13.8 Å². The first kappa shape index (κ1) is 9.30. The molecule has 0 aromatic heterocycles. The van der Waals surface area contributed by atoms with Gasteiger partial charge in [0.05, 0.1) is 0 Å². The van der Waals surface area contributed by atoms with Gasteiger partial charge >= 0.3 is 18.9 Å². The summed E-state index contributed by atoms with van der Waals surface area (Å²) >= 11 is 0. The SMILES string of the molecule is C[C-]1CC(C)C2=C1CCC2.[Li+]. The van der Waals surface area contributed by atoms with Gasteiger partial charge in [-0.15, -0.1) is 19.3 Å². The maximum atomic E-state index is 2.37. The molecule has 0 aromatic rings. The van der Waals surface area contributed by atoms with Crippen molar-refractivity contribution in [3.8, 4) is 0 Å². The minimum Gasteiger partial charge on any atom is -0.216 e. The van der Waals surface area contributed by atoms with Crippen molar-refractivity contribution in [2.75, 3.05) is 0 Å². The molecule has 0 nitrogen and oxygen atoms in total. The summed E-state index contributed by atoms with van der Waals surface area (Å²) in [6.45, 7) is 4.68. The number of hydrogen-bond donors (Lipinski definition) is 0. The zero-order chi connectivity index (χ0) is 7.14. The van der Waals surface area contributed by atoms with Crippen molar-refractivity contribution in [1.82, 2.24) is 0 Å². The van der Waals surface area contributed by atoms with Crippen LogP contribution in [0.15, 0.2) is 11.1 Å². The second-order valence-corrected chi connectivity index (χ2v) is 3.74. The van der Waals surface area contributed by atoms with Crippen LogP contribution in [0.2, 0.25) is 0 Å². The molecule has 0 bridgehead atoms. The standard InChI is InChI=1S/C10H15.Li/c1-7-6-8(2)10-5-3-4-9(7)10;/h7H,3-6H2,1-2H3;/q-1;+1. The topological polar surface area (TPSA) is 0 Å². The van der Waals surface area contributed by atoms with Crippen molar-refractivity contribution in [2.45, 2.75) is 39.5 Å². The van der Waals surface area contributed by atoms with E-state index in [1.54, 1.807) is 17.1 Å². The van der Waals surface area contributed by atoms with E-state index in [4.69, 9.17) is 0 Å². The zero-order valence-corrected chi connectivity index (χ0v) is 7.91. The molecule has 0 aliphatic heterocycles. The van der Waals surface area contributed by atoms with Crippen molar-refractivity contribution < 1.29 is 18.9 Å². The number of allylic oxidation sites excluding steroid dienone is 2. The maximum absolute atomic E-state index is 2.37. The number of rotatable bonds is 0. The van der Waals surface area contributed by atoms with E-state index in [0.29, 0.717) is 0 Å². The predicted octanol–water partition coefficient (Wildman–Crippen LogP) is 0.105. The molecule has 0 heterocycles. The van der Waals surface area contributed by atoms with E-state index in [9.17, 15) is 0 Å². The van der Waals surface area contributed by atoms with Crippen molar-refractivity contribution in [2.24, 2.45) is 5.92 Å². The van der Waals surface area contributed by atoms with E-state index in [1.807, 2.05) is 0 Å². The molecule has 2 rings (SSSR count). The molecule has 2 aliphatic carbocycles. The summed E-state index contributed by atoms with van der Waals surface area (Å²) in [4.78, 5) is 0. The van der Waals surface area contributed by atoms with Gasteiger partial charge in [-0.3, -0.25) is 0 Å². The van der Waals surface area contributed by atoms with Crippen LogP contribution in [-0.2, 0) is 0 Å². The summed E-state index contributed by atoms with van der Waals surface area (Å²) in [7, 11) is 0. The Labute approximate surface area is 81.6 Å². The minimum atomic E-state index is 0. The van der Waals surface area contributed by atoms with Crippen LogP contribution >= 0.6 is 0 Å². The molecule has 1 unspecified atom stereocenters. The molecule has 0 saturated carbocycles. The quantitative estimate of drug-likeness (QED) is 0.332. The summed E-state index contributed by atoms with van der Waals surface area (Å²) in [5.74, 6) is 2.57. The second kappa shape index (κ2) is 3.29. The van der Waals surface area contributed by atoms with Crippen LogP contribution in [0.4, 0.5) is 0 Å². The Morgan fingerprint density at radius 1 is 1.36 bits per heavy atom. The molecule has 0 amide bonds. The molecule has 0 N–H and O–H groups in total. The summed E-state index contributed by atoms with van der Waals surface area (Å²) in [5, 5.41) is 0. The third-order valence-corrected chi connectivity index (χ3v) is 2.98. The van der Waals surface area contributed by atoms with Gasteiger partial charge in [-0.05, 0) is 0 Å².